The molecular weight excluding hydrogens is 207 g/mol. The molecule has 0 unspecified atom stereocenters. The van der Waals surface area contributed by atoms with E-state index in [1.54, 1.807) is 25.2 Å². The molecule has 2 aromatic rings. The van der Waals surface area contributed by atoms with E-state index in [4.69, 9.17) is 0 Å². The van der Waals surface area contributed by atoms with Gasteiger partial charge < -0.3 is 10.3 Å². The molecule has 0 fully saturated rings. The van der Waals surface area contributed by atoms with Gasteiger partial charge in [-0.15, -0.1) is 0 Å². The Kier molecular flexibility index (Phi) is 2.06. The topological polar surface area (TPSA) is 40.7 Å². The Balaban J connectivity index is 2.56. The molecule has 0 aliphatic heterocycles. The number of halogens is 3. The van der Waals surface area contributed by atoms with E-state index in [-0.39, 0.29) is 0 Å². The number of fused-ring (bicyclic) bond motifs is 1. The molecule has 0 aliphatic carbocycles. The van der Waals surface area contributed by atoms with Gasteiger partial charge in [0.2, 0.25) is 5.82 Å². The van der Waals surface area contributed by atoms with Crippen LogP contribution in [-0.4, -0.2) is 17.0 Å². The Morgan fingerprint density at radius 2 is 2.07 bits per heavy atom. The van der Waals surface area contributed by atoms with Crippen LogP contribution in [0.25, 0.3) is 11.0 Å². The van der Waals surface area contributed by atoms with Gasteiger partial charge in [-0.25, -0.2) is 4.98 Å². The van der Waals surface area contributed by atoms with Crippen LogP contribution >= 0.6 is 0 Å². The number of hydrogen-bond acceptors (Lipinski definition) is 2. The van der Waals surface area contributed by atoms with Gasteiger partial charge in [-0.2, -0.15) is 13.2 Å². The number of aromatic nitrogens is 2. The van der Waals surface area contributed by atoms with Gasteiger partial charge in [0.1, 0.15) is 0 Å². The monoisotopic (exact) mass is 215 g/mol. The van der Waals surface area contributed by atoms with Crippen molar-refractivity contribution in [3.63, 3.8) is 0 Å². The average Bonchev–Trinajstić information content (AvgIpc) is 2.59. The number of hydrogen-bond donors (Lipinski definition) is 2. The first-order chi connectivity index (χ1) is 7.00. The lowest BCUT2D eigenvalue weighted by atomic mass is 10.3. The molecule has 0 atom stereocenters. The quantitative estimate of drug-likeness (QED) is 0.767. The van der Waals surface area contributed by atoms with Crippen molar-refractivity contribution < 1.29 is 13.2 Å². The molecule has 0 radical (unpaired) electrons. The summed E-state index contributed by atoms with van der Waals surface area (Å²) in [6, 6.07) is 4.80. The predicted octanol–water partition coefficient (Wildman–Crippen LogP) is 2.62. The number of anilines is 1. The maximum absolute atomic E-state index is 12.3. The summed E-state index contributed by atoms with van der Waals surface area (Å²) < 4.78 is 36.9. The number of imidazole rings is 1. The van der Waals surface area contributed by atoms with Gasteiger partial charge in [-0.3, -0.25) is 0 Å². The summed E-state index contributed by atoms with van der Waals surface area (Å²) in [5.41, 5.74) is 1.40. The van der Waals surface area contributed by atoms with E-state index in [0.29, 0.717) is 11.0 Å². The van der Waals surface area contributed by atoms with Crippen LogP contribution < -0.4 is 5.32 Å². The van der Waals surface area contributed by atoms with Crippen LogP contribution in [-0.2, 0) is 6.18 Å². The number of benzene rings is 1. The lowest BCUT2D eigenvalue weighted by molar-refractivity contribution is -0.144. The molecule has 15 heavy (non-hydrogen) atoms. The van der Waals surface area contributed by atoms with Crippen LogP contribution in [0.1, 0.15) is 5.82 Å². The van der Waals surface area contributed by atoms with Gasteiger partial charge in [0.25, 0.3) is 0 Å². The summed E-state index contributed by atoms with van der Waals surface area (Å²) in [5, 5.41) is 2.83. The highest BCUT2D eigenvalue weighted by Crippen LogP contribution is 2.29. The van der Waals surface area contributed by atoms with E-state index >= 15 is 0 Å². The fraction of sp³-hybridized carbons (Fsp3) is 0.222. The summed E-state index contributed by atoms with van der Waals surface area (Å²) in [4.78, 5) is 5.69. The second-order valence-electron chi connectivity index (χ2n) is 3.07. The first-order valence-corrected chi connectivity index (χ1v) is 4.25. The number of aromatic amines is 1. The van der Waals surface area contributed by atoms with Gasteiger partial charge in [-0.1, -0.05) is 0 Å². The van der Waals surface area contributed by atoms with E-state index in [0.717, 1.165) is 5.69 Å². The predicted molar refractivity (Wildman–Crippen MR) is 50.6 cm³/mol. The highest BCUT2D eigenvalue weighted by molar-refractivity contribution is 5.79. The van der Waals surface area contributed by atoms with E-state index in [9.17, 15) is 13.2 Å². The van der Waals surface area contributed by atoms with Crippen molar-refractivity contribution in [1.29, 1.82) is 0 Å². The molecule has 1 heterocycles. The fourth-order valence-electron chi connectivity index (χ4n) is 1.30. The third-order valence-corrected chi connectivity index (χ3v) is 2.04. The molecule has 2 rings (SSSR count). The smallest absolute Gasteiger partial charge is 0.388 e. The molecule has 1 aromatic heterocycles. The van der Waals surface area contributed by atoms with Crippen LogP contribution in [0.5, 0.6) is 0 Å². The number of alkyl halides is 3. The van der Waals surface area contributed by atoms with Gasteiger partial charge in [0, 0.05) is 12.7 Å². The lowest BCUT2D eigenvalue weighted by Crippen LogP contribution is -2.06. The zero-order chi connectivity index (χ0) is 11.1. The molecule has 2 N–H and O–H groups in total. The molecule has 0 saturated heterocycles. The Morgan fingerprint density at radius 1 is 1.33 bits per heavy atom. The normalized spacial score (nSPS) is 12.0. The number of nitrogens with one attached hydrogen (secondary N) is 2. The molecule has 0 aliphatic rings. The first kappa shape index (κ1) is 9.82. The van der Waals surface area contributed by atoms with Gasteiger partial charge in [-0.05, 0) is 18.2 Å². The Bertz CT molecular complexity index is 487. The highest BCUT2D eigenvalue weighted by atomic mass is 19.4. The Morgan fingerprint density at radius 3 is 2.67 bits per heavy atom. The average molecular weight is 215 g/mol. The maximum Gasteiger partial charge on any atom is 0.449 e. The van der Waals surface area contributed by atoms with Crippen molar-refractivity contribution in [3.05, 3.63) is 24.0 Å². The number of rotatable bonds is 1. The van der Waals surface area contributed by atoms with Crippen LogP contribution in [0, 0.1) is 0 Å². The van der Waals surface area contributed by atoms with E-state index in [1.165, 1.54) is 0 Å². The van der Waals surface area contributed by atoms with E-state index < -0.39 is 12.0 Å². The van der Waals surface area contributed by atoms with E-state index in [2.05, 4.69) is 15.3 Å². The van der Waals surface area contributed by atoms with Crippen molar-refractivity contribution in [2.75, 3.05) is 12.4 Å². The maximum atomic E-state index is 12.3. The molecule has 0 spiro atoms. The largest absolute Gasteiger partial charge is 0.449 e. The van der Waals surface area contributed by atoms with Crippen LogP contribution in [0.2, 0.25) is 0 Å². The summed E-state index contributed by atoms with van der Waals surface area (Å²) in [5.74, 6) is -0.967. The minimum absolute atomic E-state index is 0.300. The first-order valence-electron chi connectivity index (χ1n) is 4.25. The molecule has 3 nitrogen and oxygen atoms in total. The summed E-state index contributed by atoms with van der Waals surface area (Å²) in [6.45, 7) is 0. The lowest BCUT2D eigenvalue weighted by Gasteiger charge is -1.98. The SMILES string of the molecule is CNc1ccc2[nH]c(C(F)(F)F)nc2c1. The molecule has 0 amide bonds. The molecular formula is C9H8F3N3. The van der Waals surface area contributed by atoms with Gasteiger partial charge in [0.15, 0.2) is 0 Å². The molecule has 0 saturated carbocycles. The third kappa shape index (κ3) is 1.74. The third-order valence-electron chi connectivity index (χ3n) is 2.04. The second-order valence-corrected chi connectivity index (χ2v) is 3.07. The van der Waals surface area contributed by atoms with Crippen molar-refractivity contribution in [2.45, 2.75) is 6.18 Å². The van der Waals surface area contributed by atoms with Crippen LogP contribution in [0.3, 0.4) is 0 Å². The van der Waals surface area contributed by atoms with Crippen LogP contribution in [0.4, 0.5) is 18.9 Å². The van der Waals surface area contributed by atoms with Crippen molar-refractivity contribution in [1.82, 2.24) is 9.97 Å². The number of nitrogens with zero attached hydrogens (tertiary/aromatic N) is 1. The van der Waals surface area contributed by atoms with E-state index in [1.807, 2.05) is 0 Å². The van der Waals surface area contributed by atoms with Crippen LogP contribution in [0.15, 0.2) is 18.2 Å². The summed E-state index contributed by atoms with van der Waals surface area (Å²) >= 11 is 0. The Labute approximate surface area is 83.3 Å². The molecule has 6 heteroatoms. The zero-order valence-electron chi connectivity index (χ0n) is 7.81. The highest BCUT2D eigenvalue weighted by Gasteiger charge is 2.34. The van der Waals surface area contributed by atoms with Gasteiger partial charge >= 0.3 is 6.18 Å². The van der Waals surface area contributed by atoms with Crippen molar-refractivity contribution >= 4 is 16.7 Å². The molecule has 1 aromatic carbocycles. The minimum atomic E-state index is -4.43. The summed E-state index contributed by atoms with van der Waals surface area (Å²) in [7, 11) is 1.69. The summed E-state index contributed by atoms with van der Waals surface area (Å²) in [6.07, 6.45) is -4.43. The van der Waals surface area contributed by atoms with Crippen molar-refractivity contribution in [3.8, 4) is 0 Å². The number of H-pyrrole nitrogens is 1. The fourth-order valence-corrected chi connectivity index (χ4v) is 1.30. The van der Waals surface area contributed by atoms with Crippen molar-refractivity contribution in [2.24, 2.45) is 0 Å². The minimum Gasteiger partial charge on any atom is -0.388 e. The van der Waals surface area contributed by atoms with Gasteiger partial charge in [0.05, 0.1) is 11.0 Å². The zero-order valence-corrected chi connectivity index (χ0v) is 7.81. The molecule has 0 bridgehead atoms. The second kappa shape index (κ2) is 3.15. The standard InChI is InChI=1S/C9H8F3N3/c1-13-5-2-3-6-7(4-5)15-8(14-6)9(10,11)12/h2-4,13H,1H3,(H,14,15). The molecule has 80 valence electrons. The Hall–Kier alpha value is -1.72.